The zero-order chi connectivity index (χ0) is 16.6. The molecule has 0 radical (unpaired) electrons. The lowest BCUT2D eigenvalue weighted by molar-refractivity contribution is 0.0268. The number of nitrogens with zero attached hydrogens (tertiary/aromatic N) is 2. The Bertz CT molecular complexity index is 341. The maximum Gasteiger partial charge on any atom is 0.191 e. The third kappa shape index (κ3) is 8.54. The lowest BCUT2D eigenvalue weighted by atomic mass is 9.83. The van der Waals surface area contributed by atoms with Crippen molar-refractivity contribution in [2.75, 3.05) is 41.3 Å². The van der Waals surface area contributed by atoms with E-state index in [0.717, 1.165) is 25.0 Å². The molecule has 1 saturated carbocycles. The standard InChI is InChI=1S/C17H36N4O.HI/c1-17(2,22-6)13-20-16(18-3)19-12-15(21(4)5)14-10-8-7-9-11-14;/h14-15H,7-13H2,1-6H3,(H2,18,19,20);1H. The molecule has 1 aliphatic carbocycles. The molecule has 0 aromatic heterocycles. The van der Waals surface area contributed by atoms with E-state index in [1.54, 1.807) is 7.11 Å². The number of hydrogen-bond acceptors (Lipinski definition) is 3. The van der Waals surface area contributed by atoms with E-state index in [2.05, 4.69) is 48.5 Å². The van der Waals surface area contributed by atoms with Crippen LogP contribution in [0, 0.1) is 5.92 Å². The van der Waals surface area contributed by atoms with E-state index in [9.17, 15) is 0 Å². The molecule has 0 aromatic rings. The summed E-state index contributed by atoms with van der Waals surface area (Å²) < 4.78 is 5.44. The average Bonchev–Trinajstić information content (AvgIpc) is 2.51. The van der Waals surface area contributed by atoms with Gasteiger partial charge >= 0.3 is 0 Å². The summed E-state index contributed by atoms with van der Waals surface area (Å²) in [7, 11) is 7.93. The van der Waals surface area contributed by atoms with E-state index in [-0.39, 0.29) is 29.6 Å². The van der Waals surface area contributed by atoms with E-state index < -0.39 is 0 Å². The molecule has 1 fully saturated rings. The van der Waals surface area contributed by atoms with Crippen molar-refractivity contribution < 1.29 is 4.74 Å². The highest BCUT2D eigenvalue weighted by atomic mass is 127. The van der Waals surface area contributed by atoms with Gasteiger partial charge in [-0.05, 0) is 46.7 Å². The number of ether oxygens (including phenoxy) is 1. The largest absolute Gasteiger partial charge is 0.377 e. The topological polar surface area (TPSA) is 48.9 Å². The Morgan fingerprint density at radius 3 is 2.30 bits per heavy atom. The molecule has 1 unspecified atom stereocenters. The van der Waals surface area contributed by atoms with Crippen LogP contribution in [0.5, 0.6) is 0 Å². The maximum atomic E-state index is 5.44. The lowest BCUT2D eigenvalue weighted by Crippen LogP contribution is -2.50. The summed E-state index contributed by atoms with van der Waals surface area (Å²) in [6.07, 6.45) is 6.87. The predicted octanol–water partition coefficient (Wildman–Crippen LogP) is 2.70. The molecule has 6 heteroatoms. The third-order valence-electron chi connectivity index (χ3n) is 4.79. The van der Waals surface area contributed by atoms with Gasteiger partial charge in [0.25, 0.3) is 0 Å². The molecule has 0 aliphatic heterocycles. The minimum atomic E-state index is -0.193. The molecule has 2 N–H and O–H groups in total. The Morgan fingerprint density at radius 2 is 1.83 bits per heavy atom. The summed E-state index contributed by atoms with van der Waals surface area (Å²) in [4.78, 5) is 6.68. The van der Waals surface area contributed by atoms with Gasteiger partial charge in [0.05, 0.1) is 5.60 Å². The molecule has 0 amide bonds. The molecule has 1 aliphatic rings. The van der Waals surface area contributed by atoms with Crippen LogP contribution in [0.2, 0.25) is 0 Å². The minimum absolute atomic E-state index is 0. The van der Waals surface area contributed by atoms with Crippen molar-refractivity contribution in [2.45, 2.75) is 57.6 Å². The van der Waals surface area contributed by atoms with Crippen LogP contribution in [0.4, 0.5) is 0 Å². The zero-order valence-electron chi connectivity index (χ0n) is 15.8. The lowest BCUT2D eigenvalue weighted by Gasteiger charge is -2.35. The number of halogens is 1. The van der Waals surface area contributed by atoms with Gasteiger partial charge in [-0.1, -0.05) is 19.3 Å². The van der Waals surface area contributed by atoms with Gasteiger partial charge in [-0.2, -0.15) is 0 Å². The first-order chi connectivity index (χ1) is 10.4. The van der Waals surface area contributed by atoms with Crippen LogP contribution in [0.15, 0.2) is 4.99 Å². The highest BCUT2D eigenvalue weighted by molar-refractivity contribution is 14.0. The summed E-state index contributed by atoms with van der Waals surface area (Å²) in [6.45, 7) is 5.81. The van der Waals surface area contributed by atoms with Crippen molar-refractivity contribution in [1.82, 2.24) is 15.5 Å². The summed E-state index contributed by atoms with van der Waals surface area (Å²) >= 11 is 0. The van der Waals surface area contributed by atoms with Crippen molar-refractivity contribution in [1.29, 1.82) is 0 Å². The van der Waals surface area contributed by atoms with Crippen molar-refractivity contribution in [3.63, 3.8) is 0 Å². The number of likely N-dealkylation sites (N-methyl/N-ethyl adjacent to an activating group) is 1. The van der Waals surface area contributed by atoms with E-state index in [0.29, 0.717) is 6.04 Å². The Balaban J connectivity index is 0.00000484. The van der Waals surface area contributed by atoms with Gasteiger partial charge in [0.2, 0.25) is 0 Å². The van der Waals surface area contributed by atoms with Crippen LogP contribution >= 0.6 is 24.0 Å². The molecule has 23 heavy (non-hydrogen) atoms. The smallest absolute Gasteiger partial charge is 0.191 e. The van der Waals surface area contributed by atoms with Gasteiger partial charge in [-0.15, -0.1) is 24.0 Å². The van der Waals surface area contributed by atoms with Crippen molar-refractivity contribution in [3.05, 3.63) is 0 Å². The summed E-state index contributed by atoms with van der Waals surface area (Å²) in [5.41, 5.74) is -0.193. The van der Waals surface area contributed by atoms with Crippen molar-refractivity contribution in [2.24, 2.45) is 10.9 Å². The summed E-state index contributed by atoms with van der Waals surface area (Å²) in [6, 6.07) is 0.564. The highest BCUT2D eigenvalue weighted by Gasteiger charge is 2.25. The van der Waals surface area contributed by atoms with E-state index in [1.807, 2.05) is 7.05 Å². The van der Waals surface area contributed by atoms with Crippen LogP contribution in [0.1, 0.15) is 46.0 Å². The Morgan fingerprint density at radius 1 is 1.22 bits per heavy atom. The maximum absolute atomic E-state index is 5.44. The molecular weight excluding hydrogens is 403 g/mol. The second-order valence-electron chi connectivity index (χ2n) is 7.20. The number of rotatable bonds is 7. The van der Waals surface area contributed by atoms with E-state index in [1.165, 1.54) is 32.1 Å². The first-order valence-electron chi connectivity index (χ1n) is 8.55. The van der Waals surface area contributed by atoms with Gasteiger partial charge in [0, 0.05) is 33.3 Å². The monoisotopic (exact) mass is 440 g/mol. The van der Waals surface area contributed by atoms with Gasteiger partial charge in [0.15, 0.2) is 5.96 Å². The molecule has 0 saturated heterocycles. The van der Waals surface area contributed by atoms with Crippen LogP contribution in [0.3, 0.4) is 0 Å². The van der Waals surface area contributed by atoms with Gasteiger partial charge < -0.3 is 20.3 Å². The average molecular weight is 440 g/mol. The summed E-state index contributed by atoms with van der Waals surface area (Å²) in [5, 5.41) is 6.84. The first kappa shape index (κ1) is 22.9. The molecule has 1 rings (SSSR count). The van der Waals surface area contributed by atoms with E-state index >= 15 is 0 Å². The normalized spacial score (nSPS) is 18.5. The van der Waals surface area contributed by atoms with Crippen LogP contribution in [-0.2, 0) is 4.74 Å². The molecule has 0 spiro atoms. The van der Waals surface area contributed by atoms with Crippen LogP contribution in [-0.4, -0.2) is 63.8 Å². The molecular formula is C17H37IN4O. The molecule has 138 valence electrons. The number of guanidine groups is 1. The first-order valence-corrected chi connectivity index (χ1v) is 8.55. The SMILES string of the molecule is CN=C(NCC(C1CCCCC1)N(C)C)NCC(C)(C)OC.I. The van der Waals surface area contributed by atoms with Gasteiger partial charge in [-0.3, -0.25) is 4.99 Å². The molecule has 0 bridgehead atoms. The molecule has 0 heterocycles. The fraction of sp³-hybridized carbons (Fsp3) is 0.941. The summed E-state index contributed by atoms with van der Waals surface area (Å²) in [5.74, 6) is 1.65. The number of aliphatic imine (C=N–C) groups is 1. The second-order valence-corrected chi connectivity index (χ2v) is 7.20. The van der Waals surface area contributed by atoms with Crippen molar-refractivity contribution >= 4 is 29.9 Å². The molecule has 5 nitrogen and oxygen atoms in total. The fourth-order valence-corrected chi connectivity index (χ4v) is 3.08. The fourth-order valence-electron chi connectivity index (χ4n) is 3.08. The van der Waals surface area contributed by atoms with Gasteiger partial charge in [-0.25, -0.2) is 0 Å². The Kier molecular flexibility index (Phi) is 11.4. The predicted molar refractivity (Wildman–Crippen MR) is 110 cm³/mol. The van der Waals surface area contributed by atoms with Crippen LogP contribution < -0.4 is 10.6 Å². The molecule has 1 atom stereocenters. The number of hydrogen-bond donors (Lipinski definition) is 2. The minimum Gasteiger partial charge on any atom is -0.377 e. The zero-order valence-corrected chi connectivity index (χ0v) is 18.1. The quantitative estimate of drug-likeness (QED) is 0.363. The Labute approximate surface area is 160 Å². The van der Waals surface area contributed by atoms with Crippen molar-refractivity contribution in [3.8, 4) is 0 Å². The third-order valence-corrected chi connectivity index (χ3v) is 4.79. The number of nitrogens with one attached hydrogen (secondary N) is 2. The highest BCUT2D eigenvalue weighted by Crippen LogP contribution is 2.28. The van der Waals surface area contributed by atoms with Crippen LogP contribution in [0.25, 0.3) is 0 Å². The Hall–Kier alpha value is -0.0800. The number of methoxy groups -OCH3 is 1. The second kappa shape index (κ2) is 11.5. The molecule has 0 aromatic carbocycles. The van der Waals surface area contributed by atoms with E-state index in [4.69, 9.17) is 4.74 Å². The van der Waals surface area contributed by atoms with Gasteiger partial charge in [0.1, 0.15) is 0 Å².